The molecule has 13 heteroatoms. The van der Waals surface area contributed by atoms with Gasteiger partial charge in [-0.1, -0.05) is 6.92 Å². The first-order valence-corrected chi connectivity index (χ1v) is 15.0. The van der Waals surface area contributed by atoms with Crippen molar-refractivity contribution in [2.45, 2.75) is 51.5 Å². The molecule has 0 bridgehead atoms. The summed E-state index contributed by atoms with van der Waals surface area (Å²) >= 11 is 0. The predicted molar refractivity (Wildman–Crippen MR) is 163 cm³/mol. The number of alkyl halides is 3. The number of halogens is 3. The van der Waals surface area contributed by atoms with Gasteiger partial charge in [0.2, 0.25) is 5.95 Å². The first-order valence-electron chi connectivity index (χ1n) is 15.0. The van der Waals surface area contributed by atoms with Crippen molar-refractivity contribution in [3.8, 4) is 11.5 Å². The van der Waals surface area contributed by atoms with Crippen LogP contribution in [0.25, 0.3) is 0 Å². The first-order chi connectivity index (χ1) is 21.7. The van der Waals surface area contributed by atoms with Crippen molar-refractivity contribution in [1.82, 2.24) is 9.97 Å². The van der Waals surface area contributed by atoms with Gasteiger partial charge in [-0.2, -0.15) is 13.2 Å². The van der Waals surface area contributed by atoms with Crippen LogP contribution in [-0.4, -0.2) is 69.2 Å². The monoisotopic (exact) mass is 629 g/mol. The molecule has 0 saturated carbocycles. The van der Waals surface area contributed by atoms with Crippen LogP contribution in [0.5, 0.6) is 11.5 Å². The van der Waals surface area contributed by atoms with Gasteiger partial charge in [-0.15, -0.1) is 0 Å². The fourth-order valence-corrected chi connectivity index (χ4v) is 5.91. The molecule has 0 N–H and O–H groups in total. The van der Waals surface area contributed by atoms with E-state index in [1.165, 1.54) is 11.0 Å². The largest absolute Gasteiger partial charge is 0.497 e. The van der Waals surface area contributed by atoms with E-state index >= 15 is 0 Å². The van der Waals surface area contributed by atoms with Crippen LogP contribution in [0.2, 0.25) is 0 Å². The highest BCUT2D eigenvalue weighted by molar-refractivity contribution is 5.90. The maximum Gasteiger partial charge on any atom is 0.416 e. The number of hydrogen-bond acceptors (Lipinski definition) is 9. The molecule has 3 aromatic rings. The van der Waals surface area contributed by atoms with Gasteiger partial charge in [0, 0.05) is 31.7 Å². The van der Waals surface area contributed by atoms with Gasteiger partial charge in [-0.25, -0.2) is 14.8 Å². The van der Waals surface area contributed by atoms with Gasteiger partial charge in [0.1, 0.15) is 11.5 Å². The third kappa shape index (κ3) is 7.03. The molecular formula is C32H38F3N5O5. The number of ether oxygens (including phenoxy) is 4. The van der Waals surface area contributed by atoms with Crippen LogP contribution in [-0.2, 0) is 22.2 Å². The van der Waals surface area contributed by atoms with Crippen molar-refractivity contribution < 1.29 is 36.9 Å². The van der Waals surface area contributed by atoms with Gasteiger partial charge in [0.25, 0.3) is 0 Å². The number of carbonyl (C=O) groups excluding carboxylic acids is 1. The Hall–Kier alpha value is -4.26. The Balaban J connectivity index is 1.65. The maximum atomic E-state index is 14.1. The van der Waals surface area contributed by atoms with E-state index < -0.39 is 23.9 Å². The number of aromatic nitrogens is 2. The molecule has 3 heterocycles. The Bertz CT molecular complexity index is 1440. The Labute approximate surface area is 260 Å². The molecule has 1 fully saturated rings. The Morgan fingerprint density at radius 2 is 1.69 bits per heavy atom. The molecule has 1 saturated heterocycles. The molecule has 5 rings (SSSR count). The van der Waals surface area contributed by atoms with Gasteiger partial charge < -0.3 is 28.7 Å². The Morgan fingerprint density at radius 1 is 1.02 bits per heavy atom. The minimum atomic E-state index is -4.59. The topological polar surface area (TPSA) is 89.5 Å². The summed E-state index contributed by atoms with van der Waals surface area (Å²) in [6.45, 7) is 6.60. The number of anilines is 3. The summed E-state index contributed by atoms with van der Waals surface area (Å²) in [5.74, 6) is 1.47. The Morgan fingerprint density at radius 3 is 2.27 bits per heavy atom. The number of carbonyl (C=O) groups is 1. The number of fused-ring (bicyclic) bond motifs is 1. The minimum absolute atomic E-state index is 0.137. The van der Waals surface area contributed by atoms with Gasteiger partial charge in [0.05, 0.1) is 69.4 Å². The van der Waals surface area contributed by atoms with Crippen LogP contribution in [0.15, 0.2) is 48.8 Å². The number of hydrogen-bond donors (Lipinski definition) is 0. The molecule has 0 aliphatic carbocycles. The van der Waals surface area contributed by atoms with Crippen molar-refractivity contribution in [3.63, 3.8) is 0 Å². The van der Waals surface area contributed by atoms with Crippen LogP contribution in [0.1, 0.15) is 49.4 Å². The number of nitrogens with zero attached hydrogens (tertiary/aromatic N) is 5. The van der Waals surface area contributed by atoms with Crippen LogP contribution in [0.3, 0.4) is 0 Å². The molecule has 0 spiro atoms. The highest BCUT2D eigenvalue weighted by Gasteiger charge is 2.41. The van der Waals surface area contributed by atoms with E-state index in [1.807, 2.05) is 24.0 Å². The molecule has 2 atom stereocenters. The number of benzene rings is 2. The molecule has 242 valence electrons. The number of methoxy groups -OCH3 is 2. The quantitative estimate of drug-likeness (QED) is 0.273. The van der Waals surface area contributed by atoms with Crippen molar-refractivity contribution in [2.24, 2.45) is 0 Å². The van der Waals surface area contributed by atoms with Crippen molar-refractivity contribution in [3.05, 3.63) is 65.5 Å². The fraction of sp³-hybridized carbons (Fsp3) is 0.469. The lowest BCUT2D eigenvalue weighted by atomic mass is 9.87. The van der Waals surface area contributed by atoms with Gasteiger partial charge in [0.15, 0.2) is 0 Å². The average Bonchev–Trinajstić information content (AvgIpc) is 3.06. The molecule has 45 heavy (non-hydrogen) atoms. The van der Waals surface area contributed by atoms with Crippen molar-refractivity contribution in [1.29, 1.82) is 0 Å². The molecular weight excluding hydrogens is 591 g/mol. The molecule has 1 amide bonds. The molecule has 0 radical (unpaired) electrons. The standard InChI is InChI=1S/C32H38F3N5O5/c1-5-23-16-29(27-15-22(32(33,34)35)7-8-28(27)40(23)31(41)45-6-2)39(20-21-13-25(42-3)17-26(14-21)43-4)30-36-18-24(19-37-30)38-9-11-44-12-10-38/h7-8,13-15,17-19,23,29H,5-6,9-12,16,20H2,1-4H3/t23-,29+/m1/s1. The summed E-state index contributed by atoms with van der Waals surface area (Å²) < 4.78 is 64.0. The lowest BCUT2D eigenvalue weighted by Gasteiger charge is -2.44. The van der Waals surface area contributed by atoms with E-state index in [1.54, 1.807) is 39.6 Å². The fourth-order valence-electron chi connectivity index (χ4n) is 5.91. The summed E-state index contributed by atoms with van der Waals surface area (Å²) in [5, 5.41) is 0. The minimum Gasteiger partial charge on any atom is -0.497 e. The zero-order valence-corrected chi connectivity index (χ0v) is 25.8. The molecule has 10 nitrogen and oxygen atoms in total. The van der Waals surface area contributed by atoms with E-state index in [0.717, 1.165) is 23.4 Å². The van der Waals surface area contributed by atoms with Gasteiger partial charge in [-0.3, -0.25) is 4.90 Å². The predicted octanol–water partition coefficient (Wildman–Crippen LogP) is 6.24. The lowest BCUT2D eigenvalue weighted by Crippen LogP contribution is -2.48. The van der Waals surface area contributed by atoms with Crippen molar-refractivity contribution >= 4 is 23.4 Å². The van der Waals surface area contributed by atoms with Crippen LogP contribution in [0.4, 0.5) is 35.3 Å². The number of rotatable bonds is 9. The third-order valence-electron chi connectivity index (χ3n) is 8.17. The van der Waals surface area contributed by atoms with Crippen LogP contribution in [0, 0.1) is 0 Å². The van der Waals surface area contributed by atoms with E-state index in [-0.39, 0.29) is 19.2 Å². The molecule has 1 aromatic heterocycles. The summed E-state index contributed by atoms with van der Waals surface area (Å²) in [6, 6.07) is 7.95. The summed E-state index contributed by atoms with van der Waals surface area (Å²) in [4.78, 5) is 28.1. The summed E-state index contributed by atoms with van der Waals surface area (Å²) in [5.41, 5.74) is 1.49. The molecule has 2 aromatic carbocycles. The zero-order valence-electron chi connectivity index (χ0n) is 25.8. The zero-order chi connectivity index (χ0) is 32.1. The van der Waals surface area contributed by atoms with E-state index in [4.69, 9.17) is 28.9 Å². The average molecular weight is 630 g/mol. The smallest absolute Gasteiger partial charge is 0.416 e. The second kappa shape index (κ2) is 13.8. The van der Waals surface area contributed by atoms with E-state index in [0.29, 0.717) is 67.8 Å². The highest BCUT2D eigenvalue weighted by Crippen LogP contribution is 2.45. The van der Waals surface area contributed by atoms with Gasteiger partial charge >= 0.3 is 12.3 Å². The van der Waals surface area contributed by atoms with Crippen LogP contribution < -0.4 is 24.2 Å². The molecule has 0 unspecified atom stereocenters. The second-order valence-corrected chi connectivity index (χ2v) is 10.8. The summed E-state index contributed by atoms with van der Waals surface area (Å²) in [7, 11) is 3.10. The van der Waals surface area contributed by atoms with Gasteiger partial charge in [-0.05, 0) is 61.2 Å². The van der Waals surface area contributed by atoms with Crippen molar-refractivity contribution in [2.75, 3.05) is 61.8 Å². The van der Waals surface area contributed by atoms with Crippen LogP contribution >= 0.6 is 0 Å². The third-order valence-corrected chi connectivity index (χ3v) is 8.17. The maximum absolute atomic E-state index is 14.1. The second-order valence-electron chi connectivity index (χ2n) is 10.8. The Kier molecular flexibility index (Phi) is 9.86. The lowest BCUT2D eigenvalue weighted by molar-refractivity contribution is -0.137. The number of morpholine rings is 1. The molecule has 2 aliphatic rings. The number of amides is 1. The highest BCUT2D eigenvalue weighted by atomic mass is 19.4. The SMILES string of the molecule is CCOC(=O)N1c2ccc(C(F)(F)F)cc2[C@@H](N(Cc2cc(OC)cc(OC)c2)c2ncc(N3CCOCC3)cn2)C[C@H]1CC. The first kappa shape index (κ1) is 32.1. The summed E-state index contributed by atoms with van der Waals surface area (Å²) in [6.07, 6.45) is -0.862. The van der Waals surface area contributed by atoms with E-state index in [2.05, 4.69) is 4.90 Å². The molecule has 2 aliphatic heterocycles. The van der Waals surface area contributed by atoms with E-state index in [9.17, 15) is 18.0 Å². The normalized spacial score (nSPS) is 18.3.